The van der Waals surface area contributed by atoms with E-state index in [1.54, 1.807) is 4.90 Å². The van der Waals surface area contributed by atoms with Crippen LogP contribution in [0.3, 0.4) is 0 Å². The molecule has 0 bridgehead atoms. The maximum absolute atomic E-state index is 11.8. The highest BCUT2D eigenvalue weighted by Crippen LogP contribution is 2.31. The summed E-state index contributed by atoms with van der Waals surface area (Å²) in [6, 6.07) is 0.311. The summed E-state index contributed by atoms with van der Waals surface area (Å²) in [5.74, 6) is 0.511. The second kappa shape index (κ2) is 6.27. The third-order valence-corrected chi connectivity index (χ3v) is 4.79. The maximum Gasteiger partial charge on any atom is 0.409 e. The van der Waals surface area contributed by atoms with Crippen LogP contribution in [0, 0.1) is 3.57 Å². The highest BCUT2D eigenvalue weighted by atomic mass is 127. The second-order valence-corrected chi connectivity index (χ2v) is 6.42. The Morgan fingerprint density at radius 1 is 1.45 bits per heavy atom. The zero-order chi connectivity index (χ0) is 15.7. The van der Waals surface area contributed by atoms with Crippen molar-refractivity contribution in [2.45, 2.75) is 25.8 Å². The van der Waals surface area contributed by atoms with Crippen molar-refractivity contribution in [1.29, 1.82) is 0 Å². The number of anilines is 1. The predicted octanol–water partition coefficient (Wildman–Crippen LogP) is 2.41. The van der Waals surface area contributed by atoms with E-state index >= 15 is 0 Å². The first kappa shape index (κ1) is 15.3. The first-order chi connectivity index (χ1) is 10.6. The van der Waals surface area contributed by atoms with Gasteiger partial charge >= 0.3 is 6.09 Å². The Morgan fingerprint density at radius 2 is 2.18 bits per heavy atom. The van der Waals surface area contributed by atoms with Crippen molar-refractivity contribution in [3.63, 3.8) is 0 Å². The number of ether oxygens (including phenoxy) is 1. The Bertz CT molecular complexity index is 694. The summed E-state index contributed by atoms with van der Waals surface area (Å²) in [5.41, 5.74) is 6.82. The number of carbonyl (C=O) groups excluding carboxylic acids is 1. The number of rotatable bonds is 2. The van der Waals surface area contributed by atoms with E-state index in [0.29, 0.717) is 31.6 Å². The van der Waals surface area contributed by atoms with Crippen LogP contribution in [0.5, 0.6) is 0 Å². The molecule has 0 aromatic carbocycles. The third-order valence-electron chi connectivity index (χ3n) is 3.98. The standard InChI is InChI=1S/C14H18IN5O2/c1-2-22-14(21)19-5-3-9(4-6-19)20-7-10(15)11-12(16)17-8-18-13(11)20/h7-9H,2-6H2,1H3,(H2,16,17,18). The lowest BCUT2D eigenvalue weighted by Crippen LogP contribution is -2.39. The summed E-state index contributed by atoms with van der Waals surface area (Å²) in [6.07, 6.45) is 5.10. The van der Waals surface area contributed by atoms with E-state index in [-0.39, 0.29) is 6.09 Å². The normalized spacial score (nSPS) is 16.2. The summed E-state index contributed by atoms with van der Waals surface area (Å²) in [5, 5.41) is 0.913. The molecule has 0 aliphatic carbocycles. The molecule has 2 aromatic rings. The number of nitrogens with zero attached hydrogens (tertiary/aromatic N) is 4. The minimum absolute atomic E-state index is 0.223. The highest BCUT2D eigenvalue weighted by Gasteiger charge is 2.26. The van der Waals surface area contributed by atoms with E-state index in [9.17, 15) is 4.79 Å². The van der Waals surface area contributed by atoms with Crippen LogP contribution in [0.2, 0.25) is 0 Å². The molecule has 1 aliphatic rings. The molecule has 1 fully saturated rings. The molecule has 1 saturated heterocycles. The van der Waals surface area contributed by atoms with E-state index in [1.807, 2.05) is 6.92 Å². The molecule has 2 aromatic heterocycles. The van der Waals surface area contributed by atoms with Crippen LogP contribution >= 0.6 is 22.6 Å². The van der Waals surface area contributed by atoms with Gasteiger partial charge in [-0.15, -0.1) is 0 Å². The van der Waals surface area contributed by atoms with Crippen LogP contribution in [0.15, 0.2) is 12.5 Å². The van der Waals surface area contributed by atoms with Crippen molar-refractivity contribution in [2.24, 2.45) is 0 Å². The van der Waals surface area contributed by atoms with Gasteiger partial charge in [0.2, 0.25) is 0 Å². The third kappa shape index (κ3) is 2.71. The lowest BCUT2D eigenvalue weighted by Gasteiger charge is -2.32. The van der Waals surface area contributed by atoms with Crippen molar-refractivity contribution in [1.82, 2.24) is 19.4 Å². The van der Waals surface area contributed by atoms with Crippen molar-refractivity contribution < 1.29 is 9.53 Å². The molecule has 118 valence electrons. The molecule has 7 nitrogen and oxygen atoms in total. The summed E-state index contributed by atoms with van der Waals surface area (Å²) in [6.45, 7) is 3.62. The minimum Gasteiger partial charge on any atom is -0.450 e. The molecule has 0 unspecified atom stereocenters. The van der Waals surface area contributed by atoms with E-state index in [2.05, 4.69) is 43.3 Å². The summed E-state index contributed by atoms with van der Waals surface area (Å²) >= 11 is 2.26. The van der Waals surface area contributed by atoms with Crippen LogP contribution in [-0.4, -0.2) is 45.2 Å². The van der Waals surface area contributed by atoms with Gasteiger partial charge in [-0.2, -0.15) is 0 Å². The number of hydrogen-bond donors (Lipinski definition) is 1. The number of likely N-dealkylation sites (tertiary alicyclic amines) is 1. The van der Waals surface area contributed by atoms with Gasteiger partial charge in [0.25, 0.3) is 0 Å². The number of hydrogen-bond acceptors (Lipinski definition) is 5. The van der Waals surface area contributed by atoms with Gasteiger partial charge < -0.3 is 19.9 Å². The number of amides is 1. The fraction of sp³-hybridized carbons (Fsp3) is 0.500. The van der Waals surface area contributed by atoms with Gasteiger partial charge in [-0.1, -0.05) is 0 Å². The van der Waals surface area contributed by atoms with E-state index in [1.165, 1.54) is 6.33 Å². The summed E-state index contributed by atoms with van der Waals surface area (Å²) in [4.78, 5) is 22.0. The molecule has 1 amide bonds. The first-order valence-electron chi connectivity index (χ1n) is 7.30. The molecule has 0 atom stereocenters. The summed E-state index contributed by atoms with van der Waals surface area (Å²) < 4.78 is 8.27. The molecule has 8 heteroatoms. The van der Waals surface area contributed by atoms with Crippen LogP contribution in [0.1, 0.15) is 25.8 Å². The second-order valence-electron chi connectivity index (χ2n) is 5.26. The van der Waals surface area contributed by atoms with Gasteiger partial charge in [-0.3, -0.25) is 0 Å². The zero-order valence-corrected chi connectivity index (χ0v) is 14.5. The quantitative estimate of drug-likeness (QED) is 0.762. The fourth-order valence-electron chi connectivity index (χ4n) is 2.88. The van der Waals surface area contributed by atoms with Gasteiger partial charge in [0, 0.05) is 28.9 Å². The Morgan fingerprint density at radius 3 is 2.86 bits per heavy atom. The molecule has 1 aliphatic heterocycles. The van der Waals surface area contributed by atoms with Crippen molar-refractivity contribution >= 4 is 45.5 Å². The smallest absolute Gasteiger partial charge is 0.409 e. The Balaban J connectivity index is 1.80. The monoisotopic (exact) mass is 415 g/mol. The lowest BCUT2D eigenvalue weighted by atomic mass is 10.1. The fourth-order valence-corrected chi connectivity index (χ4v) is 3.70. The predicted molar refractivity (Wildman–Crippen MR) is 91.5 cm³/mol. The number of piperidine rings is 1. The Kier molecular flexibility index (Phi) is 4.37. The SMILES string of the molecule is CCOC(=O)N1CCC(n2cc(I)c3c(N)ncnc32)CC1. The largest absolute Gasteiger partial charge is 0.450 e. The van der Waals surface area contributed by atoms with Crippen molar-refractivity contribution in [3.8, 4) is 0 Å². The molecule has 2 N–H and O–H groups in total. The minimum atomic E-state index is -0.223. The number of halogens is 1. The maximum atomic E-state index is 11.8. The number of nitrogens with two attached hydrogens (primary N) is 1. The molecule has 0 spiro atoms. The van der Waals surface area contributed by atoms with Gasteiger partial charge in [0.1, 0.15) is 17.8 Å². The Hall–Kier alpha value is -1.58. The first-order valence-corrected chi connectivity index (χ1v) is 8.38. The summed E-state index contributed by atoms with van der Waals surface area (Å²) in [7, 11) is 0. The average molecular weight is 415 g/mol. The Labute approximate surface area is 142 Å². The number of fused-ring (bicyclic) bond motifs is 1. The molecule has 3 rings (SSSR count). The van der Waals surface area contributed by atoms with Crippen molar-refractivity contribution in [2.75, 3.05) is 25.4 Å². The molecule has 22 heavy (non-hydrogen) atoms. The molecular formula is C14H18IN5O2. The number of carbonyl (C=O) groups is 1. The molecule has 0 saturated carbocycles. The van der Waals surface area contributed by atoms with E-state index in [0.717, 1.165) is 27.4 Å². The average Bonchev–Trinajstić information content (AvgIpc) is 2.86. The van der Waals surface area contributed by atoms with Crippen molar-refractivity contribution in [3.05, 3.63) is 16.1 Å². The molecular weight excluding hydrogens is 397 g/mol. The van der Waals surface area contributed by atoms with Crippen LogP contribution < -0.4 is 5.73 Å². The van der Waals surface area contributed by atoms with E-state index < -0.39 is 0 Å². The number of nitrogen functional groups attached to an aromatic ring is 1. The van der Waals surface area contributed by atoms with Gasteiger partial charge in [-0.25, -0.2) is 14.8 Å². The van der Waals surface area contributed by atoms with Crippen LogP contribution in [-0.2, 0) is 4.74 Å². The molecule has 0 radical (unpaired) electrons. The van der Waals surface area contributed by atoms with Gasteiger partial charge in [-0.05, 0) is 42.4 Å². The highest BCUT2D eigenvalue weighted by molar-refractivity contribution is 14.1. The van der Waals surface area contributed by atoms with Gasteiger partial charge in [0.05, 0.1) is 12.0 Å². The van der Waals surface area contributed by atoms with E-state index in [4.69, 9.17) is 10.5 Å². The molecule has 3 heterocycles. The lowest BCUT2D eigenvalue weighted by molar-refractivity contribution is 0.0930. The van der Waals surface area contributed by atoms with Crippen LogP contribution in [0.4, 0.5) is 10.6 Å². The number of aromatic nitrogens is 3. The zero-order valence-electron chi connectivity index (χ0n) is 12.3. The van der Waals surface area contributed by atoms with Crippen LogP contribution in [0.25, 0.3) is 11.0 Å². The topological polar surface area (TPSA) is 86.3 Å². The van der Waals surface area contributed by atoms with Gasteiger partial charge in [0.15, 0.2) is 0 Å².